The highest BCUT2D eigenvalue weighted by molar-refractivity contribution is 6.31. The van der Waals surface area contributed by atoms with Gasteiger partial charge in [0.05, 0.1) is 0 Å². The Labute approximate surface area is 126 Å². The summed E-state index contributed by atoms with van der Waals surface area (Å²) >= 11 is 6.20. The van der Waals surface area contributed by atoms with E-state index in [1.165, 1.54) is 6.07 Å². The molecular weight excluding hydrogens is 275 g/mol. The Morgan fingerprint density at radius 2 is 2.10 bits per heavy atom. The molecule has 2 unspecified atom stereocenters. The molecule has 1 aromatic carbocycles. The summed E-state index contributed by atoms with van der Waals surface area (Å²) in [5.41, 5.74) is 1.04. The average Bonchev–Trinajstić information content (AvgIpc) is 2.32. The fourth-order valence-corrected chi connectivity index (χ4v) is 3.07. The van der Waals surface area contributed by atoms with Crippen LogP contribution in [0.3, 0.4) is 0 Å². The number of hydrogen-bond donors (Lipinski definition) is 1. The third kappa shape index (κ3) is 3.72. The molecule has 1 aromatic rings. The smallest absolute Gasteiger partial charge is 0.123 e. The van der Waals surface area contributed by atoms with E-state index in [1.54, 1.807) is 12.1 Å². The molecule has 1 saturated heterocycles. The number of nitrogens with one attached hydrogen (secondary N) is 1. The van der Waals surface area contributed by atoms with E-state index in [1.807, 2.05) is 0 Å². The van der Waals surface area contributed by atoms with Crippen LogP contribution in [0.25, 0.3) is 0 Å². The summed E-state index contributed by atoms with van der Waals surface area (Å²) in [6, 6.07) is 5.46. The molecule has 0 radical (unpaired) electrons. The van der Waals surface area contributed by atoms with Gasteiger partial charge < -0.3 is 5.32 Å². The first-order valence-electron chi connectivity index (χ1n) is 7.18. The van der Waals surface area contributed by atoms with Gasteiger partial charge in [-0.2, -0.15) is 0 Å². The number of nitrogens with zero attached hydrogens (tertiary/aromatic N) is 1. The second-order valence-corrected chi connectivity index (χ2v) is 7.26. The quantitative estimate of drug-likeness (QED) is 0.896. The summed E-state index contributed by atoms with van der Waals surface area (Å²) in [5.74, 6) is -0.222. The van der Waals surface area contributed by atoms with Crippen LogP contribution in [0, 0.1) is 11.2 Å². The minimum atomic E-state index is -0.222. The van der Waals surface area contributed by atoms with Gasteiger partial charge in [0, 0.05) is 36.7 Å². The van der Waals surface area contributed by atoms with Gasteiger partial charge in [-0.05, 0) is 36.1 Å². The van der Waals surface area contributed by atoms with Gasteiger partial charge in [0.2, 0.25) is 0 Å². The largest absolute Gasteiger partial charge is 0.311 e. The number of rotatable bonds is 2. The average molecular weight is 299 g/mol. The molecule has 0 aromatic heterocycles. The van der Waals surface area contributed by atoms with E-state index in [2.05, 4.69) is 37.9 Å². The van der Waals surface area contributed by atoms with Crippen molar-refractivity contribution in [2.24, 2.45) is 5.41 Å². The Morgan fingerprint density at radius 1 is 1.40 bits per heavy atom. The highest BCUT2D eigenvalue weighted by atomic mass is 35.5. The van der Waals surface area contributed by atoms with E-state index in [4.69, 9.17) is 11.6 Å². The zero-order valence-electron chi connectivity index (χ0n) is 12.7. The van der Waals surface area contributed by atoms with Gasteiger partial charge in [0.15, 0.2) is 0 Å². The van der Waals surface area contributed by atoms with Crippen LogP contribution in [-0.2, 0) is 6.54 Å². The number of halogens is 2. The Morgan fingerprint density at radius 3 is 2.75 bits per heavy atom. The van der Waals surface area contributed by atoms with Crippen molar-refractivity contribution in [3.63, 3.8) is 0 Å². The first-order valence-corrected chi connectivity index (χ1v) is 7.56. The molecule has 2 nitrogen and oxygen atoms in total. The maximum Gasteiger partial charge on any atom is 0.123 e. The van der Waals surface area contributed by atoms with Crippen molar-refractivity contribution in [2.75, 3.05) is 13.1 Å². The van der Waals surface area contributed by atoms with Crippen molar-refractivity contribution < 1.29 is 4.39 Å². The third-order valence-corrected chi connectivity index (χ3v) is 4.36. The second-order valence-electron chi connectivity index (χ2n) is 6.86. The minimum absolute atomic E-state index is 0.174. The highest BCUT2D eigenvalue weighted by Gasteiger charge is 2.34. The molecule has 2 rings (SSSR count). The van der Waals surface area contributed by atoms with Crippen LogP contribution in [0.15, 0.2) is 18.2 Å². The van der Waals surface area contributed by atoms with Gasteiger partial charge in [0.25, 0.3) is 0 Å². The predicted molar refractivity (Wildman–Crippen MR) is 82.5 cm³/mol. The van der Waals surface area contributed by atoms with E-state index >= 15 is 0 Å². The van der Waals surface area contributed by atoms with Gasteiger partial charge in [-0.3, -0.25) is 4.90 Å². The molecular formula is C16H24ClFN2. The van der Waals surface area contributed by atoms with Crippen molar-refractivity contribution >= 4 is 11.6 Å². The van der Waals surface area contributed by atoms with Crippen molar-refractivity contribution in [3.05, 3.63) is 34.6 Å². The highest BCUT2D eigenvalue weighted by Crippen LogP contribution is 2.29. The van der Waals surface area contributed by atoms with Crippen molar-refractivity contribution in [3.8, 4) is 0 Å². The predicted octanol–water partition coefficient (Wildman–Crippen LogP) is 3.69. The molecule has 1 aliphatic heterocycles. The molecule has 20 heavy (non-hydrogen) atoms. The van der Waals surface area contributed by atoms with E-state index in [-0.39, 0.29) is 11.2 Å². The molecule has 1 fully saturated rings. The van der Waals surface area contributed by atoms with E-state index < -0.39 is 0 Å². The first kappa shape index (κ1) is 15.7. The summed E-state index contributed by atoms with van der Waals surface area (Å²) < 4.78 is 13.4. The molecule has 1 heterocycles. The first-order chi connectivity index (χ1) is 9.27. The Bertz CT molecular complexity index is 470. The van der Waals surface area contributed by atoms with Crippen LogP contribution < -0.4 is 5.32 Å². The van der Waals surface area contributed by atoms with Crippen LogP contribution in [0.1, 0.15) is 33.3 Å². The van der Waals surface area contributed by atoms with Crippen molar-refractivity contribution in [1.29, 1.82) is 0 Å². The third-order valence-electron chi connectivity index (χ3n) is 3.99. The summed E-state index contributed by atoms with van der Waals surface area (Å²) in [6.45, 7) is 11.5. The number of benzene rings is 1. The lowest BCUT2D eigenvalue weighted by molar-refractivity contribution is 0.0526. The summed E-state index contributed by atoms with van der Waals surface area (Å²) in [5, 5.41) is 4.18. The molecule has 112 valence electrons. The van der Waals surface area contributed by atoms with E-state index in [0.29, 0.717) is 23.7 Å². The van der Waals surface area contributed by atoms with Crippen LogP contribution in [0.5, 0.6) is 0 Å². The summed E-state index contributed by atoms with van der Waals surface area (Å²) in [6.07, 6.45) is 0. The lowest BCUT2D eigenvalue weighted by Crippen LogP contribution is -2.59. The van der Waals surface area contributed by atoms with Crippen molar-refractivity contribution in [2.45, 2.75) is 46.3 Å². The molecule has 0 bridgehead atoms. The number of piperazine rings is 1. The Hall–Kier alpha value is -0.640. The van der Waals surface area contributed by atoms with E-state index in [0.717, 1.165) is 18.7 Å². The zero-order valence-corrected chi connectivity index (χ0v) is 13.5. The van der Waals surface area contributed by atoms with Crippen molar-refractivity contribution in [1.82, 2.24) is 10.2 Å². The molecule has 0 amide bonds. The Kier molecular flexibility index (Phi) is 4.73. The van der Waals surface area contributed by atoms with Crippen LogP contribution in [0.2, 0.25) is 5.02 Å². The summed E-state index contributed by atoms with van der Waals surface area (Å²) in [4.78, 5) is 2.42. The monoisotopic (exact) mass is 298 g/mol. The zero-order chi connectivity index (χ0) is 14.9. The lowest BCUT2D eigenvalue weighted by Gasteiger charge is -2.46. The van der Waals surface area contributed by atoms with Crippen LogP contribution in [-0.4, -0.2) is 30.1 Å². The molecule has 0 spiro atoms. The fraction of sp³-hybridized carbons (Fsp3) is 0.625. The standard InChI is InChI=1S/C16H24ClFN2/c1-11-9-20(15(8-19-11)16(2,3)4)10-12-7-13(18)5-6-14(12)17/h5-7,11,15,19H,8-10H2,1-4H3. The van der Waals surface area contributed by atoms with Gasteiger partial charge >= 0.3 is 0 Å². The fourth-order valence-electron chi connectivity index (χ4n) is 2.90. The number of hydrogen-bond acceptors (Lipinski definition) is 2. The normalized spacial score (nSPS) is 24.9. The molecule has 1 N–H and O–H groups in total. The summed E-state index contributed by atoms with van der Waals surface area (Å²) in [7, 11) is 0. The van der Waals surface area contributed by atoms with Gasteiger partial charge in [-0.25, -0.2) is 4.39 Å². The van der Waals surface area contributed by atoms with E-state index in [9.17, 15) is 4.39 Å². The molecule has 1 aliphatic rings. The van der Waals surface area contributed by atoms with Gasteiger partial charge in [-0.15, -0.1) is 0 Å². The minimum Gasteiger partial charge on any atom is -0.311 e. The molecule has 0 aliphatic carbocycles. The SMILES string of the molecule is CC1CN(Cc2cc(F)ccc2Cl)C(C(C)(C)C)CN1. The van der Waals surface area contributed by atoms with Crippen LogP contribution in [0.4, 0.5) is 4.39 Å². The lowest BCUT2D eigenvalue weighted by atomic mass is 9.83. The molecule has 0 saturated carbocycles. The van der Waals surface area contributed by atoms with Gasteiger partial charge in [-0.1, -0.05) is 32.4 Å². The van der Waals surface area contributed by atoms with Gasteiger partial charge in [0.1, 0.15) is 5.82 Å². The molecule has 2 atom stereocenters. The Balaban J connectivity index is 2.21. The molecule has 4 heteroatoms. The topological polar surface area (TPSA) is 15.3 Å². The second kappa shape index (κ2) is 6.00. The maximum absolute atomic E-state index is 13.4. The van der Waals surface area contributed by atoms with Crippen LogP contribution >= 0.6 is 11.6 Å². The maximum atomic E-state index is 13.4.